The van der Waals surface area contributed by atoms with Gasteiger partial charge >= 0.3 is 0 Å². The molecule has 0 nitrogen and oxygen atoms in total. The van der Waals surface area contributed by atoms with Gasteiger partial charge in [0.15, 0.2) is 0 Å². The lowest BCUT2D eigenvalue weighted by Gasteiger charge is -2.06. The monoisotopic (exact) mass is 366 g/mol. The van der Waals surface area contributed by atoms with Crippen LogP contribution in [0, 0.1) is 6.92 Å². The average Bonchev–Trinajstić information content (AvgIpc) is 2.72. The van der Waals surface area contributed by atoms with Crippen LogP contribution in [0.1, 0.15) is 16.7 Å². The molecule has 0 aliphatic heterocycles. The molecule has 0 heterocycles. The molecule has 1 unspecified atom stereocenters. The van der Waals surface area contributed by atoms with Gasteiger partial charge in [-0.25, -0.2) is 0 Å². The Morgan fingerprint density at radius 1 is 0.741 bits per heavy atom. The van der Waals surface area contributed by atoms with E-state index in [1.807, 2.05) is 0 Å². The summed E-state index contributed by atoms with van der Waals surface area (Å²) in [5.41, 5.74) is 6.39. The molecule has 1 atom stereocenters. The molecule has 1 heteroatoms. The van der Waals surface area contributed by atoms with Crippen LogP contribution in [0.15, 0.2) is 97.1 Å². The third kappa shape index (κ3) is 4.18. The van der Waals surface area contributed by atoms with E-state index in [1.54, 1.807) is 0 Å². The summed E-state index contributed by atoms with van der Waals surface area (Å²) in [5.74, 6) is 0. The summed E-state index contributed by atoms with van der Waals surface area (Å²) in [6, 6.07) is 32.7. The van der Waals surface area contributed by atoms with Gasteiger partial charge in [0, 0.05) is 0 Å². The molecule has 4 aromatic rings. The number of allylic oxidation sites excluding steroid dienone is 1. The number of hydrogen-bond donors (Lipinski definition) is 0. The first-order chi connectivity index (χ1) is 13.2. The molecular weight excluding hydrogens is 343 g/mol. The lowest BCUT2D eigenvalue weighted by atomic mass is 10.0. The number of aryl methyl sites for hydroxylation is 1. The molecule has 132 valence electrons. The Labute approximate surface area is 163 Å². The molecule has 0 saturated carbocycles. The Bertz CT molecular complexity index is 1090. The van der Waals surface area contributed by atoms with Crippen LogP contribution in [0.4, 0.5) is 0 Å². The zero-order chi connectivity index (χ0) is 18.6. The maximum absolute atomic E-state index is 2.88. The normalized spacial score (nSPS) is 11.7. The van der Waals surface area contributed by atoms with Crippen molar-refractivity contribution in [1.29, 1.82) is 0 Å². The van der Waals surface area contributed by atoms with Gasteiger partial charge in [-0.1, -0.05) is 103 Å². The van der Waals surface area contributed by atoms with E-state index < -0.39 is 0 Å². The summed E-state index contributed by atoms with van der Waals surface area (Å²) in [6.45, 7) is 2.12. The highest BCUT2D eigenvalue weighted by Gasteiger charge is 2.01. The van der Waals surface area contributed by atoms with Gasteiger partial charge in [-0.2, -0.15) is 0 Å². The lowest BCUT2D eigenvalue weighted by Crippen LogP contribution is -1.84. The molecule has 0 N–H and O–H groups in total. The molecular formula is C26H23P. The van der Waals surface area contributed by atoms with Crippen LogP contribution >= 0.6 is 9.24 Å². The highest BCUT2D eigenvalue weighted by molar-refractivity contribution is 7.31. The van der Waals surface area contributed by atoms with Crippen molar-refractivity contribution < 1.29 is 0 Å². The Kier molecular flexibility index (Phi) is 5.19. The lowest BCUT2D eigenvalue weighted by molar-refractivity contribution is 1.29. The van der Waals surface area contributed by atoms with E-state index in [9.17, 15) is 0 Å². The van der Waals surface area contributed by atoms with Crippen molar-refractivity contribution in [2.45, 2.75) is 13.3 Å². The van der Waals surface area contributed by atoms with Crippen LogP contribution in [-0.2, 0) is 6.42 Å². The summed E-state index contributed by atoms with van der Waals surface area (Å²) < 4.78 is 0. The standard InChI is InChI=1S/C26H23P/c1-19-6-10-22(11-7-19)23-13-15-24(16-14-23)26(27)17-9-20-8-12-21-4-2-3-5-25(21)18-20/h2-8,10-18H,9,27H2,1H3/b26-17-. The number of benzene rings is 4. The summed E-state index contributed by atoms with van der Waals surface area (Å²) in [4.78, 5) is 0. The van der Waals surface area contributed by atoms with E-state index in [2.05, 4.69) is 113 Å². The fourth-order valence-electron chi connectivity index (χ4n) is 3.31. The van der Waals surface area contributed by atoms with Crippen molar-refractivity contribution in [2.24, 2.45) is 0 Å². The summed E-state index contributed by atoms with van der Waals surface area (Å²) in [7, 11) is 2.88. The van der Waals surface area contributed by atoms with E-state index in [-0.39, 0.29) is 0 Å². The van der Waals surface area contributed by atoms with Crippen molar-refractivity contribution >= 4 is 25.3 Å². The topological polar surface area (TPSA) is 0 Å². The van der Waals surface area contributed by atoms with Crippen molar-refractivity contribution in [2.75, 3.05) is 0 Å². The number of rotatable bonds is 4. The van der Waals surface area contributed by atoms with E-state index in [0.717, 1.165) is 6.42 Å². The van der Waals surface area contributed by atoms with Gasteiger partial charge < -0.3 is 0 Å². The van der Waals surface area contributed by atoms with Crippen LogP contribution in [0.25, 0.3) is 27.2 Å². The minimum absolute atomic E-state index is 0.934. The van der Waals surface area contributed by atoms with E-state index in [1.165, 1.54) is 43.9 Å². The zero-order valence-corrected chi connectivity index (χ0v) is 16.7. The van der Waals surface area contributed by atoms with Crippen molar-refractivity contribution in [1.82, 2.24) is 0 Å². The fraction of sp³-hybridized carbons (Fsp3) is 0.0769. The van der Waals surface area contributed by atoms with Crippen LogP contribution in [0.3, 0.4) is 0 Å². The molecule has 0 bridgehead atoms. The van der Waals surface area contributed by atoms with Crippen molar-refractivity contribution in [3.05, 3.63) is 114 Å². The highest BCUT2D eigenvalue weighted by atomic mass is 31.0. The molecule has 4 rings (SSSR count). The van der Waals surface area contributed by atoms with Crippen LogP contribution in [-0.4, -0.2) is 0 Å². The summed E-state index contributed by atoms with van der Waals surface area (Å²) in [5, 5.41) is 3.83. The minimum atomic E-state index is 0.934. The second-order valence-electron chi connectivity index (χ2n) is 6.99. The molecule has 27 heavy (non-hydrogen) atoms. The van der Waals surface area contributed by atoms with Gasteiger partial charge in [-0.15, -0.1) is 9.24 Å². The molecule has 0 aromatic heterocycles. The second kappa shape index (κ2) is 7.91. The molecule has 0 radical (unpaired) electrons. The largest absolute Gasteiger partial charge is 0.105 e. The van der Waals surface area contributed by atoms with Gasteiger partial charge in [-0.3, -0.25) is 0 Å². The van der Waals surface area contributed by atoms with Crippen LogP contribution in [0.5, 0.6) is 0 Å². The van der Waals surface area contributed by atoms with E-state index in [4.69, 9.17) is 0 Å². The molecule has 0 saturated heterocycles. The molecule has 0 amide bonds. The molecule has 0 aliphatic carbocycles. The number of fused-ring (bicyclic) bond motifs is 1. The van der Waals surface area contributed by atoms with Gasteiger partial charge in [0.25, 0.3) is 0 Å². The third-order valence-corrected chi connectivity index (χ3v) is 5.54. The highest BCUT2D eigenvalue weighted by Crippen LogP contribution is 2.27. The number of hydrogen-bond acceptors (Lipinski definition) is 0. The molecule has 0 fully saturated rings. The Morgan fingerprint density at radius 2 is 1.37 bits per heavy atom. The first-order valence-electron chi connectivity index (χ1n) is 9.30. The van der Waals surface area contributed by atoms with E-state index in [0.29, 0.717) is 0 Å². The van der Waals surface area contributed by atoms with Crippen LogP contribution in [0.2, 0.25) is 0 Å². The first-order valence-corrected chi connectivity index (χ1v) is 9.87. The maximum atomic E-state index is 2.88. The molecule has 0 spiro atoms. The fourth-order valence-corrected chi connectivity index (χ4v) is 3.62. The average molecular weight is 366 g/mol. The molecule has 0 aliphatic rings. The van der Waals surface area contributed by atoms with Gasteiger partial charge in [0.1, 0.15) is 0 Å². The van der Waals surface area contributed by atoms with Crippen molar-refractivity contribution in [3.63, 3.8) is 0 Å². The SMILES string of the molecule is Cc1ccc(-c2ccc(/C(P)=C/Cc3ccc4ccccc4c3)cc2)cc1. The quantitative estimate of drug-likeness (QED) is 0.333. The predicted molar refractivity (Wildman–Crippen MR) is 122 cm³/mol. The van der Waals surface area contributed by atoms with Gasteiger partial charge in [0.2, 0.25) is 0 Å². The van der Waals surface area contributed by atoms with Crippen molar-refractivity contribution in [3.8, 4) is 11.1 Å². The summed E-state index contributed by atoms with van der Waals surface area (Å²) in [6.07, 6.45) is 3.22. The second-order valence-corrected chi connectivity index (χ2v) is 7.61. The van der Waals surface area contributed by atoms with E-state index >= 15 is 0 Å². The third-order valence-electron chi connectivity index (χ3n) is 4.97. The van der Waals surface area contributed by atoms with Crippen LogP contribution < -0.4 is 0 Å². The Balaban J connectivity index is 1.51. The Morgan fingerprint density at radius 3 is 2.07 bits per heavy atom. The van der Waals surface area contributed by atoms with Gasteiger partial charge in [0.05, 0.1) is 0 Å². The predicted octanol–water partition coefficient (Wildman–Crippen LogP) is 7.27. The zero-order valence-electron chi connectivity index (χ0n) is 15.5. The van der Waals surface area contributed by atoms with Gasteiger partial charge in [-0.05, 0) is 51.7 Å². The maximum Gasteiger partial charge on any atom is -0.00878 e. The summed E-state index contributed by atoms with van der Waals surface area (Å²) >= 11 is 0. The molecule has 4 aromatic carbocycles. The minimum Gasteiger partial charge on any atom is -0.105 e. The smallest absolute Gasteiger partial charge is 0.00878 e. The first kappa shape index (κ1) is 17.7. The Hall–Kier alpha value is -2.69.